The van der Waals surface area contributed by atoms with Crippen molar-refractivity contribution < 1.29 is 18.8 Å². The van der Waals surface area contributed by atoms with Gasteiger partial charge in [-0.2, -0.15) is 0 Å². The molecule has 0 N–H and O–H groups in total. The normalized spacial score (nSPS) is 18.6. The van der Waals surface area contributed by atoms with Crippen molar-refractivity contribution in [2.75, 3.05) is 0 Å². The van der Waals surface area contributed by atoms with E-state index in [1.807, 2.05) is 154 Å². The highest BCUT2D eigenvalue weighted by molar-refractivity contribution is 7.86. The number of fused-ring (bicyclic) bond motifs is 3. The molecule has 68 heavy (non-hydrogen) atoms. The predicted octanol–water partition coefficient (Wildman–Crippen LogP) is 14.5. The quantitative estimate of drug-likeness (QED) is 0.0696. The van der Waals surface area contributed by atoms with Gasteiger partial charge in [0.15, 0.2) is 12.7 Å². The summed E-state index contributed by atoms with van der Waals surface area (Å²) in [5.41, 5.74) is 10.8. The zero-order chi connectivity index (χ0) is 47.7. The summed E-state index contributed by atoms with van der Waals surface area (Å²) >= 11 is 0. The van der Waals surface area contributed by atoms with Crippen LogP contribution in [0.3, 0.4) is 0 Å². The Bertz CT molecular complexity index is 3250. The maximum atomic E-state index is 15.7. The summed E-state index contributed by atoms with van der Waals surface area (Å²) in [6.07, 6.45) is 15.7. The van der Waals surface area contributed by atoms with E-state index in [2.05, 4.69) is 70.3 Å². The Kier molecular flexibility index (Phi) is 13.2. The van der Waals surface area contributed by atoms with Gasteiger partial charge in [0.1, 0.15) is 23.0 Å². The van der Waals surface area contributed by atoms with Gasteiger partial charge in [0.25, 0.3) is 0 Å². The molecule has 7 heteroatoms. The van der Waals surface area contributed by atoms with Crippen molar-refractivity contribution >= 4 is 64.4 Å². The van der Waals surface area contributed by atoms with Gasteiger partial charge in [-0.25, -0.2) is 0 Å². The van der Waals surface area contributed by atoms with Crippen molar-refractivity contribution in [1.29, 1.82) is 0 Å². The van der Waals surface area contributed by atoms with Crippen LogP contribution < -0.4 is 30.7 Å². The molecule has 6 aromatic carbocycles. The molecule has 2 aliphatic heterocycles. The first-order valence-corrected chi connectivity index (χ1v) is 26.2. The summed E-state index contributed by atoms with van der Waals surface area (Å²) in [6, 6.07) is 42.1. The highest BCUT2D eigenvalue weighted by Crippen LogP contribution is 2.57. The maximum absolute atomic E-state index is 15.7. The zero-order valence-electron chi connectivity index (χ0n) is 39.5. The molecule has 338 valence electrons. The van der Waals surface area contributed by atoms with E-state index < -0.39 is 15.1 Å². The van der Waals surface area contributed by atoms with Crippen LogP contribution in [0.1, 0.15) is 83.4 Å². The standard InChI is InChI=1S/C61H55NO4P2/c1-9-11-12-13-42(6)46-18-20-47(21-19-46)43(7)37-52(49-22-24-50(25-23-49)61(63)67-57-34-39(3)14-30-53(57)65-54-31-15-40(4)35-58(54)67)62-44(8)48-26-28-51(29-27-48)68(64)59-36-41(5)16-32-55(59)66-56-33-17-45(10-2)38-60(56)68/h9,11-34,36-38,40H,6-7,10,35H2,1-5,8H3/b11-9-,13-12-,52-37-,62-44+. The number of hydrogen-bond donors (Lipinski definition) is 0. The van der Waals surface area contributed by atoms with E-state index in [0.29, 0.717) is 34.0 Å². The number of aryl methyl sites for hydroxylation is 3. The average molecular weight is 928 g/mol. The second-order valence-corrected chi connectivity index (χ2v) is 22.6. The molecule has 0 bridgehead atoms. The lowest BCUT2D eigenvalue weighted by Gasteiger charge is -2.32. The second-order valence-electron chi connectivity index (χ2n) is 17.8. The summed E-state index contributed by atoms with van der Waals surface area (Å²) in [7, 11) is -4.63. The molecule has 0 spiro atoms. The third-order valence-electron chi connectivity index (χ3n) is 12.8. The fraction of sp³-hybridized carbons (Fsp3) is 0.148. The molecule has 9 rings (SSSR count). The van der Waals surface area contributed by atoms with Gasteiger partial charge in [-0.3, -0.25) is 9.79 Å². The van der Waals surface area contributed by atoms with Crippen molar-refractivity contribution in [3.05, 3.63) is 239 Å². The van der Waals surface area contributed by atoms with Gasteiger partial charge in [-0.05, 0) is 128 Å². The lowest BCUT2D eigenvalue weighted by Crippen LogP contribution is -2.31. The first-order valence-electron chi connectivity index (χ1n) is 23.2. The minimum absolute atomic E-state index is 0.100. The molecule has 5 nitrogen and oxygen atoms in total. The highest BCUT2D eigenvalue weighted by Gasteiger charge is 2.40. The number of carbonyl (C=O) groups is 1. The van der Waals surface area contributed by atoms with Crippen molar-refractivity contribution in [3.8, 4) is 17.2 Å². The fourth-order valence-corrected chi connectivity index (χ4v) is 14.5. The van der Waals surface area contributed by atoms with Gasteiger partial charge >= 0.3 is 0 Å². The third kappa shape index (κ3) is 9.10. The van der Waals surface area contributed by atoms with Crippen LogP contribution in [0.25, 0.3) is 16.8 Å². The number of aliphatic imine (C=N–C) groups is 1. The van der Waals surface area contributed by atoms with E-state index in [-0.39, 0.29) is 5.52 Å². The van der Waals surface area contributed by atoms with Crippen LogP contribution in [-0.2, 0) is 11.0 Å². The van der Waals surface area contributed by atoms with Gasteiger partial charge < -0.3 is 14.0 Å². The lowest BCUT2D eigenvalue weighted by molar-refractivity contribution is 0.108. The van der Waals surface area contributed by atoms with Gasteiger partial charge in [0.2, 0.25) is 0 Å². The largest absolute Gasteiger partial charge is 0.456 e. The van der Waals surface area contributed by atoms with Crippen LogP contribution in [0.4, 0.5) is 0 Å². The minimum Gasteiger partial charge on any atom is -0.456 e. The molecule has 0 fully saturated rings. The van der Waals surface area contributed by atoms with E-state index in [9.17, 15) is 4.79 Å². The van der Waals surface area contributed by atoms with Crippen molar-refractivity contribution in [3.63, 3.8) is 0 Å². The molecule has 3 aliphatic rings. The molecule has 3 atom stereocenters. The topological polar surface area (TPSA) is 65.0 Å². The van der Waals surface area contributed by atoms with E-state index >= 15 is 4.57 Å². The van der Waals surface area contributed by atoms with Crippen molar-refractivity contribution in [1.82, 2.24) is 0 Å². The molecule has 6 aromatic rings. The van der Waals surface area contributed by atoms with Gasteiger partial charge in [0, 0.05) is 40.7 Å². The first kappa shape index (κ1) is 46.2. The Labute approximate surface area is 402 Å². The maximum Gasteiger partial charge on any atom is 0.193 e. The Morgan fingerprint density at radius 1 is 0.735 bits per heavy atom. The van der Waals surface area contributed by atoms with E-state index in [1.165, 1.54) is 0 Å². The van der Waals surface area contributed by atoms with Gasteiger partial charge in [-0.15, -0.1) is 0 Å². The summed E-state index contributed by atoms with van der Waals surface area (Å²) < 4.78 is 28.4. The van der Waals surface area contributed by atoms with E-state index in [1.54, 1.807) is 0 Å². The number of benzene rings is 6. The Morgan fingerprint density at radius 3 is 2.03 bits per heavy atom. The number of allylic oxidation sites excluding steroid dienone is 10. The molecule has 0 radical (unpaired) electrons. The predicted molar refractivity (Wildman–Crippen MR) is 288 cm³/mol. The zero-order valence-corrected chi connectivity index (χ0v) is 41.3. The van der Waals surface area contributed by atoms with Crippen molar-refractivity contribution in [2.24, 2.45) is 10.9 Å². The summed E-state index contributed by atoms with van der Waals surface area (Å²) in [5.74, 6) is 3.12. The van der Waals surface area contributed by atoms with Gasteiger partial charge in [-0.1, -0.05) is 160 Å². The molecule has 3 unspecified atom stereocenters. The fourth-order valence-electron chi connectivity index (χ4n) is 8.88. The van der Waals surface area contributed by atoms with Crippen LogP contribution in [0.5, 0.6) is 17.2 Å². The number of ether oxygens (including phenoxy) is 2. The second kappa shape index (κ2) is 19.4. The van der Waals surface area contributed by atoms with Crippen LogP contribution >= 0.6 is 15.1 Å². The summed E-state index contributed by atoms with van der Waals surface area (Å²) in [4.78, 5) is 20.0. The molecule has 2 heterocycles. The molecule has 0 amide bonds. The highest BCUT2D eigenvalue weighted by atomic mass is 31.2. The number of hydrogen-bond acceptors (Lipinski definition) is 5. The lowest BCUT2D eigenvalue weighted by atomic mass is 9.99. The summed E-state index contributed by atoms with van der Waals surface area (Å²) in [5, 5.41) is 4.23. The SMILES string of the molecule is C=C(/C=C\C=C/C)c1ccc(C(=C)/C=C(\N=C(/C)c2ccc(P3(=O)c4cc(C)ccc4Oc4ccc(CC)cc43)cc2)c2ccc(C(=O)P3C4=C(C=CC(C)C4)Oc4ccc(C)cc43)cc2)cc1. The van der Waals surface area contributed by atoms with E-state index in [0.717, 1.165) is 101 Å². The molecule has 1 aliphatic carbocycles. The van der Waals surface area contributed by atoms with Crippen LogP contribution in [0.15, 0.2) is 199 Å². The molecule has 0 aromatic heterocycles. The average Bonchev–Trinajstić information content (AvgIpc) is 3.35. The Hall–Kier alpha value is -6.90. The Morgan fingerprint density at radius 2 is 1.34 bits per heavy atom. The Balaban J connectivity index is 1.08. The van der Waals surface area contributed by atoms with Crippen molar-refractivity contribution in [2.45, 2.75) is 54.4 Å². The van der Waals surface area contributed by atoms with Crippen LogP contribution in [0.2, 0.25) is 0 Å². The first-order chi connectivity index (χ1) is 32.8. The number of rotatable bonds is 12. The molecular formula is C61H55NO4P2. The third-order valence-corrected chi connectivity index (χ3v) is 18.3. The summed E-state index contributed by atoms with van der Waals surface area (Å²) in [6.45, 7) is 21.1. The van der Waals surface area contributed by atoms with Crippen LogP contribution in [-0.4, -0.2) is 11.2 Å². The smallest absolute Gasteiger partial charge is 0.193 e. The van der Waals surface area contributed by atoms with Gasteiger partial charge in [0.05, 0.1) is 16.3 Å². The minimum atomic E-state index is -3.30. The monoisotopic (exact) mass is 927 g/mol. The molecular weight excluding hydrogens is 873 g/mol. The number of carbonyl (C=O) groups excluding carboxylic acids is 1. The van der Waals surface area contributed by atoms with Crippen LogP contribution in [0, 0.1) is 19.8 Å². The molecule has 0 saturated carbocycles. The number of nitrogens with zero attached hydrogens (tertiary/aromatic N) is 1. The molecule has 0 saturated heterocycles. The van der Waals surface area contributed by atoms with E-state index in [4.69, 9.17) is 14.5 Å².